The first-order valence-corrected chi connectivity index (χ1v) is 11.4. The van der Waals surface area contributed by atoms with Gasteiger partial charge in [-0.2, -0.15) is 0 Å². The van der Waals surface area contributed by atoms with Gasteiger partial charge in [-0.3, -0.25) is 4.98 Å². The first-order valence-electron chi connectivity index (χ1n) is 11.4. The average molecular weight is 432 g/mol. The molecule has 1 fully saturated rings. The van der Waals surface area contributed by atoms with Gasteiger partial charge in [-0.1, -0.05) is 66.7 Å². The number of hydrogen-bond donors (Lipinski definition) is 0. The maximum Gasteiger partial charge on any atom is 0.494 e. The second-order valence-electron chi connectivity index (χ2n) is 9.76. The molecule has 0 saturated carbocycles. The van der Waals surface area contributed by atoms with Crippen molar-refractivity contribution in [2.24, 2.45) is 0 Å². The summed E-state index contributed by atoms with van der Waals surface area (Å²) in [5.74, 6) is 0. The predicted octanol–water partition coefficient (Wildman–Crippen LogP) is 5.90. The summed E-state index contributed by atoms with van der Waals surface area (Å²) in [5.41, 5.74) is 3.95. The van der Waals surface area contributed by atoms with Crippen LogP contribution in [0.2, 0.25) is 0 Å². The molecular formula is C28H25BN2O2. The first kappa shape index (κ1) is 20.3. The molecule has 0 radical (unpaired) electrons. The Morgan fingerprint density at radius 3 is 2.21 bits per heavy atom. The van der Waals surface area contributed by atoms with Crippen molar-refractivity contribution in [1.29, 1.82) is 0 Å². The minimum absolute atomic E-state index is 0.390. The summed E-state index contributed by atoms with van der Waals surface area (Å²) >= 11 is 0. The van der Waals surface area contributed by atoms with Gasteiger partial charge in [0.1, 0.15) is 0 Å². The lowest BCUT2D eigenvalue weighted by Crippen LogP contribution is -2.41. The highest BCUT2D eigenvalue weighted by Crippen LogP contribution is 2.38. The molecular weight excluding hydrogens is 407 g/mol. The Labute approximate surface area is 193 Å². The highest BCUT2D eigenvalue weighted by molar-refractivity contribution is 6.62. The van der Waals surface area contributed by atoms with E-state index in [0.29, 0.717) is 0 Å². The fourth-order valence-corrected chi connectivity index (χ4v) is 4.56. The molecule has 0 atom stereocenters. The largest absolute Gasteiger partial charge is 0.494 e. The monoisotopic (exact) mass is 432 g/mol. The van der Waals surface area contributed by atoms with Crippen molar-refractivity contribution in [2.75, 3.05) is 0 Å². The SMILES string of the molecule is CC1(C)OB(c2ccc3c(c2)nc(-c2ccccc2)c2ncc4ccccc4c23)OC1(C)C. The number of pyridine rings is 2. The zero-order valence-corrected chi connectivity index (χ0v) is 19.3. The molecule has 5 heteroatoms. The van der Waals surface area contributed by atoms with Crippen LogP contribution in [-0.4, -0.2) is 28.3 Å². The van der Waals surface area contributed by atoms with Crippen LogP contribution in [0.15, 0.2) is 79.0 Å². The lowest BCUT2D eigenvalue weighted by molar-refractivity contribution is 0.00578. The maximum atomic E-state index is 6.31. The number of nitrogens with zero attached hydrogens (tertiary/aromatic N) is 2. The fourth-order valence-electron chi connectivity index (χ4n) is 4.56. The van der Waals surface area contributed by atoms with E-state index in [2.05, 4.69) is 76.2 Å². The van der Waals surface area contributed by atoms with E-state index in [4.69, 9.17) is 19.3 Å². The van der Waals surface area contributed by atoms with E-state index in [1.54, 1.807) is 0 Å². The molecule has 3 heterocycles. The lowest BCUT2D eigenvalue weighted by Gasteiger charge is -2.32. The van der Waals surface area contributed by atoms with Gasteiger partial charge in [0, 0.05) is 27.9 Å². The van der Waals surface area contributed by atoms with Crippen LogP contribution in [0.25, 0.3) is 43.8 Å². The van der Waals surface area contributed by atoms with Crippen molar-refractivity contribution in [3.8, 4) is 11.3 Å². The highest BCUT2D eigenvalue weighted by Gasteiger charge is 2.51. The van der Waals surface area contributed by atoms with E-state index in [-0.39, 0.29) is 0 Å². The van der Waals surface area contributed by atoms with Crippen molar-refractivity contribution in [3.63, 3.8) is 0 Å². The summed E-state index contributed by atoms with van der Waals surface area (Å²) in [6.07, 6.45) is 1.94. The minimum Gasteiger partial charge on any atom is -0.399 e. The van der Waals surface area contributed by atoms with Gasteiger partial charge in [0.2, 0.25) is 0 Å². The Kier molecular flexibility index (Phi) is 4.38. The lowest BCUT2D eigenvalue weighted by atomic mass is 9.78. The molecule has 0 bridgehead atoms. The molecule has 0 spiro atoms. The molecule has 2 aromatic heterocycles. The normalized spacial score (nSPS) is 17.3. The molecule has 162 valence electrons. The third kappa shape index (κ3) is 3.15. The van der Waals surface area contributed by atoms with Gasteiger partial charge in [0.15, 0.2) is 0 Å². The van der Waals surface area contributed by atoms with Crippen molar-refractivity contribution in [2.45, 2.75) is 38.9 Å². The van der Waals surface area contributed by atoms with Crippen LogP contribution >= 0.6 is 0 Å². The summed E-state index contributed by atoms with van der Waals surface area (Å²) in [4.78, 5) is 9.97. The van der Waals surface area contributed by atoms with Gasteiger partial charge in [-0.25, -0.2) is 4.98 Å². The quantitative estimate of drug-likeness (QED) is 0.257. The van der Waals surface area contributed by atoms with Crippen LogP contribution in [0, 0.1) is 0 Å². The molecule has 0 aliphatic carbocycles. The number of benzene rings is 3. The van der Waals surface area contributed by atoms with E-state index in [9.17, 15) is 0 Å². The Morgan fingerprint density at radius 2 is 1.45 bits per heavy atom. The highest BCUT2D eigenvalue weighted by atomic mass is 16.7. The standard InChI is InChI=1S/C28H25BN2O2/c1-27(2)28(3,4)33-29(32-27)20-14-15-22-23(16-20)31-25(18-10-6-5-7-11-18)26-24(22)21-13-9-8-12-19(21)17-30-26/h5-17H,1-4H3. The molecule has 6 rings (SSSR count). The summed E-state index contributed by atoms with van der Waals surface area (Å²) in [6.45, 7) is 8.30. The Morgan fingerprint density at radius 1 is 0.758 bits per heavy atom. The first-order chi connectivity index (χ1) is 15.8. The molecule has 5 aromatic rings. The Bertz CT molecular complexity index is 1510. The molecule has 1 saturated heterocycles. The third-order valence-electron chi connectivity index (χ3n) is 7.12. The van der Waals surface area contributed by atoms with Gasteiger partial charge in [0.05, 0.1) is 27.9 Å². The van der Waals surface area contributed by atoms with Crippen LogP contribution in [0.5, 0.6) is 0 Å². The number of aromatic nitrogens is 2. The Hall–Kier alpha value is -3.28. The van der Waals surface area contributed by atoms with Gasteiger partial charge < -0.3 is 9.31 Å². The van der Waals surface area contributed by atoms with Crippen LogP contribution in [0.4, 0.5) is 0 Å². The van der Waals surface area contributed by atoms with Crippen molar-refractivity contribution in [1.82, 2.24) is 9.97 Å². The summed E-state index contributed by atoms with van der Waals surface area (Å²) in [5, 5.41) is 4.49. The van der Waals surface area contributed by atoms with Crippen molar-refractivity contribution >= 4 is 45.2 Å². The van der Waals surface area contributed by atoms with Crippen molar-refractivity contribution in [3.05, 3.63) is 79.0 Å². The summed E-state index contributed by atoms with van der Waals surface area (Å²) in [7, 11) is -0.428. The fraction of sp³-hybridized carbons (Fsp3) is 0.214. The third-order valence-corrected chi connectivity index (χ3v) is 7.12. The molecule has 0 N–H and O–H groups in total. The van der Waals surface area contributed by atoms with E-state index >= 15 is 0 Å². The van der Waals surface area contributed by atoms with E-state index in [1.165, 1.54) is 5.39 Å². The number of hydrogen-bond acceptors (Lipinski definition) is 4. The molecule has 0 amide bonds. The summed E-state index contributed by atoms with van der Waals surface area (Å²) < 4.78 is 12.6. The zero-order chi connectivity index (χ0) is 22.8. The molecule has 1 aliphatic rings. The van der Waals surface area contributed by atoms with E-state index < -0.39 is 18.3 Å². The predicted molar refractivity (Wildman–Crippen MR) is 136 cm³/mol. The van der Waals surface area contributed by atoms with Gasteiger partial charge in [0.25, 0.3) is 0 Å². The average Bonchev–Trinajstić information content (AvgIpc) is 3.05. The van der Waals surface area contributed by atoms with E-state index in [0.717, 1.165) is 43.9 Å². The Balaban J connectivity index is 1.64. The topological polar surface area (TPSA) is 44.2 Å². The van der Waals surface area contributed by atoms with Gasteiger partial charge >= 0.3 is 7.12 Å². The second-order valence-corrected chi connectivity index (χ2v) is 9.76. The molecule has 4 nitrogen and oxygen atoms in total. The molecule has 0 unspecified atom stereocenters. The number of rotatable bonds is 2. The molecule has 33 heavy (non-hydrogen) atoms. The second kappa shape index (κ2) is 7.11. The van der Waals surface area contributed by atoms with Gasteiger partial charge in [-0.15, -0.1) is 0 Å². The minimum atomic E-state index is -0.428. The smallest absolute Gasteiger partial charge is 0.399 e. The summed E-state index contributed by atoms with van der Waals surface area (Å²) in [6, 6.07) is 25.0. The van der Waals surface area contributed by atoms with Gasteiger partial charge in [-0.05, 0) is 44.6 Å². The van der Waals surface area contributed by atoms with Crippen LogP contribution in [0.1, 0.15) is 27.7 Å². The molecule has 3 aromatic carbocycles. The van der Waals surface area contributed by atoms with Crippen LogP contribution < -0.4 is 5.46 Å². The number of fused-ring (bicyclic) bond motifs is 5. The van der Waals surface area contributed by atoms with Crippen molar-refractivity contribution < 1.29 is 9.31 Å². The molecule has 1 aliphatic heterocycles. The maximum absolute atomic E-state index is 6.31. The van der Waals surface area contributed by atoms with Crippen LogP contribution in [-0.2, 0) is 9.31 Å². The van der Waals surface area contributed by atoms with E-state index in [1.807, 2.05) is 30.5 Å². The zero-order valence-electron chi connectivity index (χ0n) is 19.3. The van der Waals surface area contributed by atoms with Crippen LogP contribution in [0.3, 0.4) is 0 Å².